The van der Waals surface area contributed by atoms with Crippen LogP contribution in [0.4, 0.5) is 0 Å². The van der Waals surface area contributed by atoms with E-state index in [0.717, 1.165) is 22.9 Å². The summed E-state index contributed by atoms with van der Waals surface area (Å²) in [5, 5.41) is 21.2. The van der Waals surface area contributed by atoms with Crippen LogP contribution >= 0.6 is 0 Å². The molecular weight excluding hydrogens is 298 g/mol. The highest BCUT2D eigenvalue weighted by molar-refractivity contribution is 5.84. The van der Waals surface area contributed by atoms with E-state index in [9.17, 15) is 19.8 Å². The van der Waals surface area contributed by atoms with Gasteiger partial charge in [-0.3, -0.25) is 9.59 Å². The van der Waals surface area contributed by atoms with Gasteiger partial charge in [-0.25, -0.2) is 10.4 Å². The number of rotatable bonds is 6. The van der Waals surface area contributed by atoms with E-state index in [1.807, 2.05) is 24.3 Å². The molecule has 0 spiro atoms. The molecular formula is C16H19N3O4. The zero-order chi connectivity index (χ0) is 16.4. The maximum absolute atomic E-state index is 11.6. The van der Waals surface area contributed by atoms with Gasteiger partial charge in [-0.1, -0.05) is 18.2 Å². The quantitative estimate of drug-likeness (QED) is 0.638. The molecule has 122 valence electrons. The van der Waals surface area contributed by atoms with E-state index in [-0.39, 0.29) is 6.42 Å². The molecule has 0 saturated carbocycles. The first kappa shape index (κ1) is 15.5. The van der Waals surface area contributed by atoms with E-state index in [0.29, 0.717) is 13.0 Å². The SMILES string of the molecule is O=C(O)[C@H](Cc1c[nH]c2ccccc12)NN1CCC[C@@H]1C(=O)O. The lowest BCUT2D eigenvalue weighted by atomic mass is 10.1. The summed E-state index contributed by atoms with van der Waals surface area (Å²) in [6, 6.07) is 6.16. The number of aliphatic carboxylic acids is 2. The molecule has 3 rings (SSSR count). The van der Waals surface area contributed by atoms with Gasteiger partial charge >= 0.3 is 11.9 Å². The molecule has 2 atom stereocenters. The fourth-order valence-corrected chi connectivity index (χ4v) is 3.09. The first-order valence-electron chi connectivity index (χ1n) is 7.59. The normalized spacial score (nSPS) is 19.9. The van der Waals surface area contributed by atoms with Crippen molar-refractivity contribution in [1.82, 2.24) is 15.4 Å². The largest absolute Gasteiger partial charge is 0.480 e. The minimum absolute atomic E-state index is 0.280. The van der Waals surface area contributed by atoms with Gasteiger partial charge in [0.2, 0.25) is 0 Å². The van der Waals surface area contributed by atoms with E-state index in [1.54, 1.807) is 6.20 Å². The van der Waals surface area contributed by atoms with Gasteiger partial charge in [-0.2, -0.15) is 0 Å². The lowest BCUT2D eigenvalue weighted by Gasteiger charge is -2.26. The molecule has 7 nitrogen and oxygen atoms in total. The van der Waals surface area contributed by atoms with Crippen molar-refractivity contribution in [1.29, 1.82) is 0 Å². The van der Waals surface area contributed by atoms with Gasteiger partial charge in [0.15, 0.2) is 0 Å². The highest BCUT2D eigenvalue weighted by atomic mass is 16.4. The third-order valence-electron chi connectivity index (χ3n) is 4.26. The maximum Gasteiger partial charge on any atom is 0.322 e. The molecule has 1 saturated heterocycles. The number of H-pyrrole nitrogens is 1. The molecule has 0 amide bonds. The van der Waals surface area contributed by atoms with Crippen molar-refractivity contribution >= 4 is 22.8 Å². The predicted molar refractivity (Wildman–Crippen MR) is 83.9 cm³/mol. The number of benzene rings is 1. The van der Waals surface area contributed by atoms with Crippen molar-refractivity contribution in [2.45, 2.75) is 31.3 Å². The molecule has 1 aromatic heterocycles. The first-order valence-corrected chi connectivity index (χ1v) is 7.59. The Morgan fingerprint density at radius 2 is 2.13 bits per heavy atom. The fraction of sp³-hybridized carbons (Fsp3) is 0.375. The smallest absolute Gasteiger partial charge is 0.322 e. The summed E-state index contributed by atoms with van der Waals surface area (Å²) in [6.45, 7) is 0.536. The molecule has 1 aliphatic rings. The minimum atomic E-state index is -0.994. The number of fused-ring (bicyclic) bond motifs is 1. The molecule has 1 aromatic carbocycles. The van der Waals surface area contributed by atoms with E-state index < -0.39 is 24.0 Å². The van der Waals surface area contributed by atoms with E-state index in [1.165, 1.54) is 5.01 Å². The molecule has 0 unspecified atom stereocenters. The van der Waals surface area contributed by atoms with Gasteiger partial charge in [-0.15, -0.1) is 0 Å². The van der Waals surface area contributed by atoms with Gasteiger partial charge in [0.05, 0.1) is 0 Å². The van der Waals surface area contributed by atoms with Crippen molar-refractivity contribution in [3.8, 4) is 0 Å². The Bertz CT molecular complexity index is 727. The number of hydrogen-bond donors (Lipinski definition) is 4. The summed E-state index contributed by atoms with van der Waals surface area (Å²) in [4.78, 5) is 25.9. The Hall–Kier alpha value is -2.38. The Balaban J connectivity index is 1.77. The van der Waals surface area contributed by atoms with Crippen LogP contribution in [0.3, 0.4) is 0 Å². The topological polar surface area (TPSA) is 106 Å². The summed E-state index contributed by atoms with van der Waals surface area (Å²) in [5.41, 5.74) is 4.74. The number of hydrogen-bond acceptors (Lipinski definition) is 4. The highest BCUT2D eigenvalue weighted by Gasteiger charge is 2.33. The molecule has 2 heterocycles. The van der Waals surface area contributed by atoms with E-state index in [4.69, 9.17) is 0 Å². The monoisotopic (exact) mass is 317 g/mol. The van der Waals surface area contributed by atoms with Crippen LogP contribution in [0.25, 0.3) is 10.9 Å². The van der Waals surface area contributed by atoms with Crippen LogP contribution in [0.1, 0.15) is 18.4 Å². The number of nitrogens with zero attached hydrogens (tertiary/aromatic N) is 1. The fourth-order valence-electron chi connectivity index (χ4n) is 3.09. The molecule has 7 heteroatoms. The second-order valence-corrected chi connectivity index (χ2v) is 5.77. The van der Waals surface area contributed by atoms with Crippen molar-refractivity contribution in [2.24, 2.45) is 0 Å². The zero-order valence-corrected chi connectivity index (χ0v) is 12.5. The van der Waals surface area contributed by atoms with Crippen LogP contribution < -0.4 is 5.43 Å². The van der Waals surface area contributed by atoms with Crippen molar-refractivity contribution < 1.29 is 19.8 Å². The Morgan fingerprint density at radius 3 is 2.87 bits per heavy atom. The van der Waals surface area contributed by atoms with Crippen molar-refractivity contribution in [3.05, 3.63) is 36.0 Å². The van der Waals surface area contributed by atoms with Crippen molar-refractivity contribution in [3.63, 3.8) is 0 Å². The first-order chi connectivity index (χ1) is 11.1. The second-order valence-electron chi connectivity index (χ2n) is 5.77. The number of carboxylic acid groups (broad SMARTS) is 2. The van der Waals surface area contributed by atoms with Gasteiger partial charge < -0.3 is 15.2 Å². The summed E-state index contributed by atoms with van der Waals surface area (Å²) >= 11 is 0. The molecule has 0 bridgehead atoms. The van der Waals surface area contributed by atoms with Crippen LogP contribution in [-0.2, 0) is 16.0 Å². The number of para-hydroxylation sites is 1. The minimum Gasteiger partial charge on any atom is -0.480 e. The molecule has 0 radical (unpaired) electrons. The highest BCUT2D eigenvalue weighted by Crippen LogP contribution is 2.20. The molecule has 23 heavy (non-hydrogen) atoms. The predicted octanol–water partition coefficient (Wildman–Crippen LogP) is 1.22. The maximum atomic E-state index is 11.6. The third-order valence-corrected chi connectivity index (χ3v) is 4.26. The average Bonchev–Trinajstić information content (AvgIpc) is 3.14. The van der Waals surface area contributed by atoms with Gasteiger partial charge in [-0.05, 0) is 24.5 Å². The summed E-state index contributed by atoms with van der Waals surface area (Å²) in [6.07, 6.45) is 3.36. The Morgan fingerprint density at radius 1 is 1.35 bits per heavy atom. The standard InChI is InChI=1S/C16H19N3O4/c20-15(21)13(18-19-7-3-6-14(19)16(22)23)8-10-9-17-12-5-2-1-4-11(10)12/h1-2,4-5,9,13-14,17-18H,3,6-8H2,(H,20,21)(H,22,23)/t13-,14+/m0/s1. The Kier molecular flexibility index (Phi) is 4.31. The van der Waals surface area contributed by atoms with Gasteiger partial charge in [0, 0.05) is 30.1 Å². The zero-order valence-electron chi connectivity index (χ0n) is 12.5. The van der Waals surface area contributed by atoms with Crippen LogP contribution in [0.2, 0.25) is 0 Å². The van der Waals surface area contributed by atoms with Crippen LogP contribution in [0.5, 0.6) is 0 Å². The summed E-state index contributed by atoms with van der Waals surface area (Å²) in [5.74, 6) is -1.92. The molecule has 1 fully saturated rings. The third kappa shape index (κ3) is 3.20. The number of carbonyl (C=O) groups is 2. The van der Waals surface area contributed by atoms with Gasteiger partial charge in [0.1, 0.15) is 12.1 Å². The second kappa shape index (κ2) is 6.39. The lowest BCUT2D eigenvalue weighted by molar-refractivity contribution is -0.147. The number of aromatic amines is 1. The number of aromatic nitrogens is 1. The average molecular weight is 317 g/mol. The van der Waals surface area contributed by atoms with Crippen LogP contribution in [-0.4, -0.2) is 50.8 Å². The molecule has 2 aromatic rings. The van der Waals surface area contributed by atoms with E-state index in [2.05, 4.69) is 10.4 Å². The van der Waals surface area contributed by atoms with Crippen LogP contribution in [0, 0.1) is 0 Å². The molecule has 0 aliphatic carbocycles. The van der Waals surface area contributed by atoms with E-state index >= 15 is 0 Å². The summed E-state index contributed by atoms with van der Waals surface area (Å²) in [7, 11) is 0. The lowest BCUT2D eigenvalue weighted by Crippen LogP contribution is -2.53. The molecule has 1 aliphatic heterocycles. The number of carboxylic acids is 2. The number of nitrogens with one attached hydrogen (secondary N) is 2. The van der Waals surface area contributed by atoms with Crippen molar-refractivity contribution in [2.75, 3.05) is 6.54 Å². The molecule has 4 N–H and O–H groups in total. The summed E-state index contributed by atoms with van der Waals surface area (Å²) < 4.78 is 0. The number of hydrazine groups is 1. The Labute approximate surface area is 132 Å². The van der Waals surface area contributed by atoms with Gasteiger partial charge in [0.25, 0.3) is 0 Å². The van der Waals surface area contributed by atoms with Crippen LogP contribution in [0.15, 0.2) is 30.5 Å².